The fourth-order valence-corrected chi connectivity index (χ4v) is 3.57. The minimum Gasteiger partial charge on any atom is -0.387 e. The molecular weight excluding hydrogens is 292 g/mol. The van der Waals surface area contributed by atoms with Crippen molar-refractivity contribution in [3.8, 4) is 0 Å². The monoisotopic (exact) mass is 312 g/mol. The zero-order valence-electron chi connectivity index (χ0n) is 11.8. The van der Waals surface area contributed by atoms with E-state index in [1.54, 1.807) is 0 Å². The average Bonchev–Trinajstić information content (AvgIpc) is 2.53. The van der Waals surface area contributed by atoms with Crippen LogP contribution in [-0.2, 0) is 14.2 Å². The van der Waals surface area contributed by atoms with E-state index in [-0.39, 0.29) is 6.10 Å². The molecule has 2 aliphatic rings. The number of benzene rings is 1. The molecule has 6 heteroatoms. The van der Waals surface area contributed by atoms with Gasteiger partial charge in [0, 0.05) is 5.56 Å². The molecule has 0 aliphatic carbocycles. The smallest absolute Gasteiger partial charge is 0.184 e. The van der Waals surface area contributed by atoms with Crippen molar-refractivity contribution in [3.63, 3.8) is 0 Å². The zero-order chi connectivity index (χ0) is 14.8. The van der Waals surface area contributed by atoms with Crippen molar-refractivity contribution >= 4 is 11.8 Å². The Morgan fingerprint density at radius 1 is 1.14 bits per heavy atom. The van der Waals surface area contributed by atoms with Gasteiger partial charge in [-0.1, -0.05) is 37.3 Å². The van der Waals surface area contributed by atoms with Gasteiger partial charge in [0.2, 0.25) is 0 Å². The predicted molar refractivity (Wildman–Crippen MR) is 78.8 cm³/mol. The van der Waals surface area contributed by atoms with Crippen molar-refractivity contribution in [2.24, 2.45) is 0 Å². The second-order valence-electron chi connectivity index (χ2n) is 5.16. The molecule has 0 bridgehead atoms. The zero-order valence-corrected chi connectivity index (χ0v) is 12.6. The normalized spacial score (nSPS) is 39.8. The van der Waals surface area contributed by atoms with E-state index in [2.05, 4.69) is 0 Å². The fraction of sp³-hybridized carbons (Fsp3) is 0.600. The van der Waals surface area contributed by atoms with Crippen LogP contribution in [-0.4, -0.2) is 52.4 Å². The third-order valence-corrected chi connectivity index (χ3v) is 4.79. The number of hydrogen-bond acceptors (Lipinski definition) is 6. The lowest BCUT2D eigenvalue weighted by molar-refractivity contribution is -0.318. The summed E-state index contributed by atoms with van der Waals surface area (Å²) in [7, 11) is 0. The average molecular weight is 312 g/mol. The largest absolute Gasteiger partial charge is 0.387 e. The molecule has 3 rings (SSSR count). The van der Waals surface area contributed by atoms with E-state index in [9.17, 15) is 10.2 Å². The Balaban J connectivity index is 1.71. The van der Waals surface area contributed by atoms with Crippen LogP contribution in [0.1, 0.15) is 18.8 Å². The second-order valence-corrected chi connectivity index (χ2v) is 6.53. The van der Waals surface area contributed by atoms with E-state index < -0.39 is 30.0 Å². The number of thioether (sulfide) groups is 1. The summed E-state index contributed by atoms with van der Waals surface area (Å²) < 4.78 is 17.3. The molecule has 0 saturated carbocycles. The van der Waals surface area contributed by atoms with Crippen LogP contribution in [0.15, 0.2) is 30.3 Å². The lowest BCUT2D eigenvalue weighted by Crippen LogP contribution is -2.60. The van der Waals surface area contributed by atoms with Crippen molar-refractivity contribution in [1.29, 1.82) is 0 Å². The topological polar surface area (TPSA) is 68.2 Å². The highest BCUT2D eigenvalue weighted by molar-refractivity contribution is 7.99. The first-order chi connectivity index (χ1) is 10.2. The summed E-state index contributed by atoms with van der Waals surface area (Å²) in [5.74, 6) is 0.806. The Kier molecular flexibility index (Phi) is 4.83. The van der Waals surface area contributed by atoms with Crippen LogP contribution in [0, 0.1) is 0 Å². The van der Waals surface area contributed by atoms with Crippen molar-refractivity contribution in [3.05, 3.63) is 35.9 Å². The van der Waals surface area contributed by atoms with E-state index in [4.69, 9.17) is 14.2 Å². The van der Waals surface area contributed by atoms with Crippen molar-refractivity contribution in [2.45, 2.75) is 43.1 Å². The van der Waals surface area contributed by atoms with Crippen LogP contribution in [0.4, 0.5) is 0 Å². The molecule has 2 saturated heterocycles. The minimum atomic E-state index is -0.970. The van der Waals surface area contributed by atoms with Crippen molar-refractivity contribution in [2.75, 3.05) is 12.4 Å². The molecule has 2 N–H and O–H groups in total. The predicted octanol–water partition coefficient (Wildman–Crippen LogP) is 1.30. The quantitative estimate of drug-likeness (QED) is 0.877. The number of aliphatic hydroxyl groups excluding tert-OH is 2. The van der Waals surface area contributed by atoms with Gasteiger partial charge < -0.3 is 24.4 Å². The van der Waals surface area contributed by atoms with E-state index >= 15 is 0 Å². The van der Waals surface area contributed by atoms with E-state index in [0.717, 1.165) is 11.3 Å². The summed E-state index contributed by atoms with van der Waals surface area (Å²) in [5.41, 5.74) is 0.453. The lowest BCUT2D eigenvalue weighted by Gasteiger charge is -2.46. The van der Waals surface area contributed by atoms with Crippen LogP contribution in [0.5, 0.6) is 0 Å². The van der Waals surface area contributed by atoms with E-state index in [1.807, 2.05) is 37.3 Å². The van der Waals surface area contributed by atoms with Gasteiger partial charge >= 0.3 is 0 Å². The number of aliphatic hydroxyl groups is 2. The van der Waals surface area contributed by atoms with Gasteiger partial charge in [-0.05, 0) is 5.75 Å². The summed E-state index contributed by atoms with van der Waals surface area (Å²) in [6.07, 6.45) is -3.39. The molecule has 0 radical (unpaired) electrons. The molecular formula is C15H20O5S. The van der Waals surface area contributed by atoms with Crippen molar-refractivity contribution in [1.82, 2.24) is 0 Å². The fourth-order valence-electron chi connectivity index (χ4n) is 2.66. The maximum Gasteiger partial charge on any atom is 0.184 e. The maximum atomic E-state index is 10.3. The summed E-state index contributed by atoms with van der Waals surface area (Å²) in [4.78, 5) is 0. The van der Waals surface area contributed by atoms with Crippen molar-refractivity contribution < 1.29 is 24.4 Å². The molecule has 0 amide bonds. The van der Waals surface area contributed by atoms with Crippen LogP contribution < -0.4 is 0 Å². The van der Waals surface area contributed by atoms with Gasteiger partial charge in [-0.2, -0.15) is 0 Å². The Hall–Kier alpha value is -0.630. The molecule has 21 heavy (non-hydrogen) atoms. The van der Waals surface area contributed by atoms with E-state index in [1.165, 1.54) is 11.8 Å². The third-order valence-electron chi connectivity index (χ3n) is 3.74. The van der Waals surface area contributed by atoms with E-state index in [0.29, 0.717) is 6.61 Å². The summed E-state index contributed by atoms with van der Waals surface area (Å²) in [5, 5.41) is 20.5. The Morgan fingerprint density at radius 2 is 1.90 bits per heavy atom. The standard InChI is InChI=1S/C15H20O5S/c1-2-21-15-12(17)11(16)13-10(19-15)8-18-14(20-13)9-6-4-3-5-7-9/h3-7,10-17H,2,8H2,1H3/t10-,11-,12-,13-,14-,15+/m1/s1. The molecule has 5 nitrogen and oxygen atoms in total. The first-order valence-corrected chi connectivity index (χ1v) is 8.20. The van der Waals surface area contributed by atoms with Gasteiger partial charge in [-0.25, -0.2) is 0 Å². The molecule has 2 heterocycles. The number of hydrogen-bond donors (Lipinski definition) is 2. The molecule has 0 aromatic heterocycles. The highest BCUT2D eigenvalue weighted by Gasteiger charge is 2.48. The first-order valence-electron chi connectivity index (χ1n) is 7.16. The third kappa shape index (κ3) is 3.11. The van der Waals surface area contributed by atoms with Crippen LogP contribution in [0.25, 0.3) is 0 Å². The molecule has 1 aromatic carbocycles. The molecule has 2 aliphatic heterocycles. The molecule has 2 fully saturated rings. The molecule has 6 atom stereocenters. The number of ether oxygens (including phenoxy) is 3. The molecule has 1 aromatic rings. The van der Waals surface area contributed by atoms with Crippen LogP contribution in [0.2, 0.25) is 0 Å². The van der Waals surface area contributed by atoms with Gasteiger partial charge in [0.1, 0.15) is 29.9 Å². The number of rotatable bonds is 3. The molecule has 0 unspecified atom stereocenters. The SMILES string of the molecule is CCS[C@@H]1O[C@@H]2CO[C@@H](c3ccccc3)O[C@H]2[C@H](O)[C@H]1O. The molecule has 0 spiro atoms. The highest BCUT2D eigenvalue weighted by atomic mass is 32.2. The van der Waals surface area contributed by atoms with Gasteiger partial charge in [0.15, 0.2) is 6.29 Å². The Bertz CT molecular complexity index is 455. The van der Waals surface area contributed by atoms with Gasteiger partial charge in [-0.3, -0.25) is 0 Å². The highest BCUT2D eigenvalue weighted by Crippen LogP contribution is 2.36. The Labute approximate surface area is 128 Å². The Morgan fingerprint density at radius 3 is 2.62 bits per heavy atom. The summed E-state index contributed by atoms with van der Waals surface area (Å²) >= 11 is 1.47. The summed E-state index contributed by atoms with van der Waals surface area (Å²) in [6.45, 7) is 2.33. The van der Waals surface area contributed by atoms with Gasteiger partial charge in [0.25, 0.3) is 0 Å². The van der Waals surface area contributed by atoms with Crippen LogP contribution >= 0.6 is 11.8 Å². The second kappa shape index (κ2) is 6.64. The number of fused-ring (bicyclic) bond motifs is 1. The van der Waals surface area contributed by atoms with Crippen LogP contribution in [0.3, 0.4) is 0 Å². The lowest BCUT2D eigenvalue weighted by atomic mass is 9.99. The first kappa shape index (κ1) is 15.3. The van der Waals surface area contributed by atoms with Gasteiger partial charge in [0.05, 0.1) is 6.61 Å². The summed E-state index contributed by atoms with van der Waals surface area (Å²) in [6, 6.07) is 9.56. The minimum absolute atomic E-state index is 0.342. The molecule has 116 valence electrons. The maximum absolute atomic E-state index is 10.3. The van der Waals surface area contributed by atoms with Gasteiger partial charge in [-0.15, -0.1) is 11.8 Å².